The van der Waals surface area contributed by atoms with Crippen LogP contribution < -0.4 is 5.73 Å². The Hall–Kier alpha value is -0.730. The molecule has 0 aromatic carbocycles. The molecule has 3 nitrogen and oxygen atoms in total. The van der Waals surface area contributed by atoms with E-state index in [0.717, 1.165) is 13.0 Å². The summed E-state index contributed by atoms with van der Waals surface area (Å²) in [7, 11) is 0. The fourth-order valence-corrected chi connectivity index (χ4v) is 1.74. The van der Waals surface area contributed by atoms with Crippen molar-refractivity contribution in [3.63, 3.8) is 0 Å². The molecule has 0 amide bonds. The lowest BCUT2D eigenvalue weighted by molar-refractivity contribution is 0.205. The van der Waals surface area contributed by atoms with Gasteiger partial charge in [0, 0.05) is 0 Å². The summed E-state index contributed by atoms with van der Waals surface area (Å²) in [6, 6.07) is 0.376. The van der Waals surface area contributed by atoms with E-state index in [0.29, 0.717) is 6.02 Å². The van der Waals surface area contributed by atoms with Gasteiger partial charge in [0.15, 0.2) is 0 Å². The van der Waals surface area contributed by atoms with Crippen molar-refractivity contribution >= 4 is 6.02 Å². The van der Waals surface area contributed by atoms with Gasteiger partial charge in [-0.2, -0.15) is 0 Å². The molecule has 3 heteroatoms. The van der Waals surface area contributed by atoms with Crippen molar-refractivity contribution in [2.75, 3.05) is 6.54 Å². The Morgan fingerprint density at radius 1 is 1.29 bits per heavy atom. The van der Waals surface area contributed by atoms with E-state index in [2.05, 4.69) is 11.9 Å². The molecule has 1 atom stereocenters. The molecule has 0 spiro atoms. The molecule has 0 radical (unpaired) electrons. The first-order valence-corrected chi connectivity index (χ1v) is 5.79. The predicted octanol–water partition coefficient (Wildman–Crippen LogP) is 2.45. The Morgan fingerprint density at radius 2 is 2.00 bits per heavy atom. The maximum Gasteiger partial charge on any atom is 0.282 e. The Labute approximate surface area is 86.7 Å². The minimum Gasteiger partial charge on any atom is -0.460 e. The third-order valence-corrected chi connectivity index (χ3v) is 2.62. The van der Waals surface area contributed by atoms with Crippen molar-refractivity contribution in [3.8, 4) is 0 Å². The number of rotatable bonds is 7. The lowest BCUT2D eigenvalue weighted by Gasteiger charge is -2.08. The molecule has 1 heterocycles. The first-order valence-electron chi connectivity index (χ1n) is 5.79. The fourth-order valence-electron chi connectivity index (χ4n) is 1.74. The van der Waals surface area contributed by atoms with Gasteiger partial charge in [0.25, 0.3) is 6.02 Å². The summed E-state index contributed by atoms with van der Waals surface area (Å²) in [5, 5.41) is 0. The van der Waals surface area contributed by atoms with E-state index in [1.807, 2.05) is 0 Å². The molecule has 2 N–H and O–H groups in total. The second-order valence-electron chi connectivity index (χ2n) is 3.98. The second-order valence-corrected chi connectivity index (χ2v) is 3.98. The van der Waals surface area contributed by atoms with Crippen LogP contribution in [0.1, 0.15) is 51.9 Å². The topological polar surface area (TPSA) is 47.6 Å². The number of hydrogen-bond donors (Lipinski definition) is 1. The number of nitrogens with zero attached hydrogens (tertiary/aromatic N) is 1. The van der Waals surface area contributed by atoms with Gasteiger partial charge in [0.2, 0.25) is 0 Å². The minimum atomic E-state index is 0.265. The van der Waals surface area contributed by atoms with Crippen LogP contribution in [0.15, 0.2) is 4.99 Å². The van der Waals surface area contributed by atoms with Crippen molar-refractivity contribution < 1.29 is 4.74 Å². The Morgan fingerprint density at radius 3 is 2.64 bits per heavy atom. The van der Waals surface area contributed by atoms with Crippen LogP contribution in [0.2, 0.25) is 0 Å². The Kier molecular flexibility index (Phi) is 5.42. The first-order chi connectivity index (χ1) is 6.83. The monoisotopic (exact) mass is 198 g/mol. The molecule has 0 fully saturated rings. The Bertz CT molecular complexity index is 180. The number of unbranched alkanes of at least 4 members (excludes halogenated alkanes) is 5. The van der Waals surface area contributed by atoms with E-state index < -0.39 is 0 Å². The average Bonchev–Trinajstić information content (AvgIpc) is 2.58. The van der Waals surface area contributed by atoms with E-state index in [1.54, 1.807) is 0 Å². The van der Waals surface area contributed by atoms with E-state index in [4.69, 9.17) is 10.5 Å². The van der Waals surface area contributed by atoms with Gasteiger partial charge in [0.1, 0.15) is 6.10 Å². The number of hydrogen-bond acceptors (Lipinski definition) is 3. The smallest absolute Gasteiger partial charge is 0.282 e. The standard InChI is InChI=1S/C11H22N2O/c1-2-3-4-5-6-7-8-10-9-13-11(12)14-10/h10H,2-9H2,1H3,(H2,12,13). The molecule has 0 saturated heterocycles. The summed E-state index contributed by atoms with van der Waals surface area (Å²) >= 11 is 0. The van der Waals surface area contributed by atoms with Gasteiger partial charge >= 0.3 is 0 Å². The van der Waals surface area contributed by atoms with Gasteiger partial charge < -0.3 is 10.5 Å². The lowest BCUT2D eigenvalue weighted by Crippen LogP contribution is -2.17. The molecule has 1 aliphatic rings. The molecular formula is C11H22N2O. The molecule has 0 aromatic heterocycles. The van der Waals surface area contributed by atoms with Crippen molar-refractivity contribution in [2.24, 2.45) is 10.7 Å². The lowest BCUT2D eigenvalue weighted by atomic mass is 10.1. The van der Waals surface area contributed by atoms with Gasteiger partial charge in [-0.05, 0) is 12.8 Å². The van der Waals surface area contributed by atoms with Crippen LogP contribution >= 0.6 is 0 Å². The molecule has 14 heavy (non-hydrogen) atoms. The van der Waals surface area contributed by atoms with Crippen LogP contribution in [0.25, 0.3) is 0 Å². The Balaban J connectivity index is 1.85. The van der Waals surface area contributed by atoms with Crippen LogP contribution in [0.5, 0.6) is 0 Å². The van der Waals surface area contributed by atoms with Crippen LogP contribution in [0.4, 0.5) is 0 Å². The summed E-state index contributed by atoms with van der Waals surface area (Å²) in [4.78, 5) is 4.02. The number of amidine groups is 1. The normalized spacial score (nSPS) is 20.6. The highest BCUT2D eigenvalue weighted by Gasteiger charge is 2.16. The zero-order valence-electron chi connectivity index (χ0n) is 9.17. The fraction of sp³-hybridized carbons (Fsp3) is 0.909. The van der Waals surface area contributed by atoms with Crippen molar-refractivity contribution in [1.29, 1.82) is 0 Å². The maximum absolute atomic E-state index is 5.42. The van der Waals surface area contributed by atoms with Crippen LogP contribution in [-0.4, -0.2) is 18.7 Å². The van der Waals surface area contributed by atoms with Crippen LogP contribution in [-0.2, 0) is 4.74 Å². The van der Waals surface area contributed by atoms with E-state index in [9.17, 15) is 0 Å². The minimum absolute atomic E-state index is 0.265. The maximum atomic E-state index is 5.42. The summed E-state index contributed by atoms with van der Waals surface area (Å²) < 4.78 is 5.32. The van der Waals surface area contributed by atoms with Crippen molar-refractivity contribution in [2.45, 2.75) is 58.0 Å². The first kappa shape index (κ1) is 11.3. The predicted molar refractivity (Wildman–Crippen MR) is 59.4 cm³/mol. The van der Waals surface area contributed by atoms with E-state index in [1.165, 1.54) is 38.5 Å². The summed E-state index contributed by atoms with van der Waals surface area (Å²) in [5.41, 5.74) is 5.42. The van der Waals surface area contributed by atoms with E-state index >= 15 is 0 Å². The molecule has 1 rings (SSSR count). The molecule has 0 saturated carbocycles. The van der Waals surface area contributed by atoms with Gasteiger partial charge in [-0.15, -0.1) is 0 Å². The van der Waals surface area contributed by atoms with Crippen LogP contribution in [0.3, 0.4) is 0 Å². The third-order valence-electron chi connectivity index (χ3n) is 2.62. The largest absolute Gasteiger partial charge is 0.460 e. The highest BCUT2D eigenvalue weighted by atomic mass is 16.5. The molecule has 0 bridgehead atoms. The van der Waals surface area contributed by atoms with E-state index in [-0.39, 0.29) is 6.10 Å². The summed E-state index contributed by atoms with van der Waals surface area (Å²) in [5.74, 6) is 0. The van der Waals surface area contributed by atoms with Gasteiger partial charge in [-0.1, -0.05) is 39.0 Å². The molecule has 0 aliphatic carbocycles. The zero-order valence-corrected chi connectivity index (χ0v) is 9.17. The second kappa shape index (κ2) is 6.68. The third kappa shape index (κ3) is 4.49. The number of nitrogens with two attached hydrogens (primary N) is 1. The van der Waals surface area contributed by atoms with Gasteiger partial charge in [0.05, 0.1) is 6.54 Å². The average molecular weight is 198 g/mol. The number of ether oxygens (including phenoxy) is 1. The SMILES string of the molecule is CCCCCCCCC1CN=C(N)O1. The van der Waals surface area contributed by atoms with Crippen molar-refractivity contribution in [1.82, 2.24) is 0 Å². The summed E-state index contributed by atoms with van der Waals surface area (Å²) in [6.07, 6.45) is 9.36. The van der Waals surface area contributed by atoms with Gasteiger partial charge in [-0.3, -0.25) is 0 Å². The highest BCUT2D eigenvalue weighted by molar-refractivity contribution is 5.72. The molecule has 0 aromatic rings. The quantitative estimate of drug-likeness (QED) is 0.639. The molecule has 1 unspecified atom stereocenters. The molecule has 1 aliphatic heterocycles. The molecule has 82 valence electrons. The highest BCUT2D eigenvalue weighted by Crippen LogP contribution is 2.13. The van der Waals surface area contributed by atoms with Crippen LogP contribution in [0, 0.1) is 0 Å². The van der Waals surface area contributed by atoms with Crippen molar-refractivity contribution in [3.05, 3.63) is 0 Å². The van der Waals surface area contributed by atoms with Gasteiger partial charge in [-0.25, -0.2) is 4.99 Å². The number of aliphatic imine (C=N–C) groups is 1. The summed E-state index contributed by atoms with van der Waals surface area (Å²) in [6.45, 7) is 3.01. The molecular weight excluding hydrogens is 176 g/mol. The zero-order chi connectivity index (χ0) is 10.2.